The largest absolute Gasteiger partial charge is 0.383 e. The highest BCUT2D eigenvalue weighted by Gasteiger charge is 1.95. The van der Waals surface area contributed by atoms with E-state index < -0.39 is 0 Å². The van der Waals surface area contributed by atoms with Gasteiger partial charge in [0.05, 0.1) is 0 Å². The van der Waals surface area contributed by atoms with E-state index in [4.69, 9.17) is 5.73 Å². The first-order chi connectivity index (χ1) is 4.84. The number of nitrogens with two attached hydrogens (primary N) is 1. The zero-order valence-electron chi connectivity index (χ0n) is 5.45. The third kappa shape index (κ3) is 1.31. The number of carbonyl (C=O) groups is 1. The van der Waals surface area contributed by atoms with Crippen molar-refractivity contribution in [2.75, 3.05) is 5.73 Å². The van der Waals surface area contributed by atoms with E-state index in [1.165, 1.54) is 0 Å². The van der Waals surface area contributed by atoms with Gasteiger partial charge in [-0.15, -0.1) is 0 Å². The Bertz CT molecular complexity index is 235. The van der Waals surface area contributed by atoms with E-state index >= 15 is 0 Å². The number of aldehydes is 1. The molecule has 0 atom stereocenters. The van der Waals surface area contributed by atoms with Crippen molar-refractivity contribution in [3.8, 4) is 0 Å². The Morgan fingerprint density at radius 3 is 3.10 bits per heavy atom. The average Bonchev–Trinajstić information content (AvgIpc) is 1.94. The number of aromatic nitrogens is 1. The van der Waals surface area contributed by atoms with Gasteiger partial charge < -0.3 is 10.5 Å². The maximum Gasteiger partial charge on any atom is 0.126 e. The topological polar surface area (TPSA) is 56.0 Å². The summed E-state index contributed by atoms with van der Waals surface area (Å²) in [6.07, 6.45) is 2.76. The molecule has 0 unspecified atom stereocenters. The van der Waals surface area contributed by atoms with E-state index in [9.17, 15) is 4.79 Å². The second-order valence-corrected chi connectivity index (χ2v) is 1.92. The van der Waals surface area contributed by atoms with Gasteiger partial charge in [0.1, 0.15) is 12.1 Å². The minimum Gasteiger partial charge on any atom is -0.383 e. The predicted octanol–water partition coefficient (Wildman–Crippen LogP) is 0.405. The molecule has 0 radical (unpaired) electrons. The van der Waals surface area contributed by atoms with Crippen LogP contribution in [0.2, 0.25) is 0 Å². The van der Waals surface area contributed by atoms with Crippen molar-refractivity contribution in [1.29, 1.82) is 0 Å². The van der Waals surface area contributed by atoms with Crippen LogP contribution in [0.15, 0.2) is 18.3 Å². The molecule has 0 amide bonds. The number of pyridine rings is 1. The smallest absolute Gasteiger partial charge is 0.126 e. The Hall–Kier alpha value is -1.38. The van der Waals surface area contributed by atoms with Crippen LogP contribution in [0.25, 0.3) is 0 Å². The highest BCUT2D eigenvalue weighted by Crippen LogP contribution is 2.05. The summed E-state index contributed by atoms with van der Waals surface area (Å²) >= 11 is 0. The van der Waals surface area contributed by atoms with Gasteiger partial charge >= 0.3 is 0 Å². The summed E-state index contributed by atoms with van der Waals surface area (Å²) in [5, 5.41) is 0. The second-order valence-electron chi connectivity index (χ2n) is 1.92. The molecule has 0 saturated carbocycles. The third-order valence-corrected chi connectivity index (χ3v) is 1.23. The van der Waals surface area contributed by atoms with Crippen LogP contribution in [-0.2, 0) is 11.2 Å². The molecule has 1 aromatic heterocycles. The Kier molecular flexibility index (Phi) is 1.99. The van der Waals surface area contributed by atoms with Gasteiger partial charge in [-0.2, -0.15) is 0 Å². The van der Waals surface area contributed by atoms with Gasteiger partial charge in [0, 0.05) is 18.2 Å². The summed E-state index contributed by atoms with van der Waals surface area (Å²) in [5.41, 5.74) is 6.23. The summed E-state index contributed by atoms with van der Waals surface area (Å²) in [7, 11) is 0. The molecule has 0 saturated heterocycles. The summed E-state index contributed by atoms with van der Waals surface area (Å²) in [6, 6.07) is 3.55. The van der Waals surface area contributed by atoms with E-state index in [0.717, 1.165) is 11.8 Å². The molecule has 1 aromatic rings. The highest BCUT2D eigenvalue weighted by atomic mass is 16.1. The van der Waals surface area contributed by atoms with Crippen LogP contribution in [0.4, 0.5) is 5.82 Å². The fourth-order valence-corrected chi connectivity index (χ4v) is 0.713. The molecule has 2 N–H and O–H groups in total. The lowest BCUT2D eigenvalue weighted by Gasteiger charge is -1.96. The van der Waals surface area contributed by atoms with Crippen LogP contribution < -0.4 is 5.73 Å². The molecule has 0 aliphatic rings. The maximum atomic E-state index is 10.0. The number of carbonyl (C=O) groups excluding carboxylic acids is 1. The van der Waals surface area contributed by atoms with Gasteiger partial charge in [0.25, 0.3) is 0 Å². The minimum absolute atomic E-state index is 0.347. The molecular weight excluding hydrogens is 128 g/mol. The molecule has 0 fully saturated rings. The summed E-state index contributed by atoms with van der Waals surface area (Å²) in [5.74, 6) is 0.439. The molecule has 0 bridgehead atoms. The van der Waals surface area contributed by atoms with Crippen molar-refractivity contribution in [3.05, 3.63) is 23.9 Å². The third-order valence-electron chi connectivity index (χ3n) is 1.23. The number of nitrogen functional groups attached to an aromatic ring is 1. The van der Waals surface area contributed by atoms with E-state index in [1.54, 1.807) is 18.3 Å². The van der Waals surface area contributed by atoms with Gasteiger partial charge in [0.15, 0.2) is 0 Å². The quantitative estimate of drug-likeness (QED) is 0.599. The first-order valence-electron chi connectivity index (χ1n) is 2.97. The van der Waals surface area contributed by atoms with Crippen molar-refractivity contribution in [2.24, 2.45) is 0 Å². The van der Waals surface area contributed by atoms with Gasteiger partial charge in [-0.1, -0.05) is 6.07 Å². The maximum absolute atomic E-state index is 10.0. The molecule has 1 rings (SSSR count). The van der Waals surface area contributed by atoms with Crippen molar-refractivity contribution in [1.82, 2.24) is 4.98 Å². The van der Waals surface area contributed by atoms with Gasteiger partial charge in [-0.3, -0.25) is 0 Å². The standard InChI is InChI=1S/C7H8N2O/c8-7-6(3-5-10)2-1-4-9-7/h1-2,4-5H,3H2,(H2,8,9). The first kappa shape index (κ1) is 6.74. The molecule has 52 valence electrons. The van der Waals surface area contributed by atoms with Crippen LogP contribution in [0.5, 0.6) is 0 Å². The zero-order valence-corrected chi connectivity index (χ0v) is 5.45. The van der Waals surface area contributed by atoms with Crippen molar-refractivity contribution in [3.63, 3.8) is 0 Å². The first-order valence-corrected chi connectivity index (χ1v) is 2.97. The number of hydrogen-bond acceptors (Lipinski definition) is 3. The van der Waals surface area contributed by atoms with Gasteiger partial charge in [0.2, 0.25) is 0 Å². The summed E-state index contributed by atoms with van der Waals surface area (Å²) in [6.45, 7) is 0. The van der Waals surface area contributed by atoms with Crippen molar-refractivity contribution >= 4 is 12.1 Å². The predicted molar refractivity (Wildman–Crippen MR) is 38.4 cm³/mol. The fourth-order valence-electron chi connectivity index (χ4n) is 0.713. The van der Waals surface area contributed by atoms with Crippen LogP contribution in [-0.4, -0.2) is 11.3 Å². The lowest BCUT2D eigenvalue weighted by Crippen LogP contribution is -1.96. The Balaban J connectivity index is 2.91. The SMILES string of the molecule is Nc1ncccc1CC=O. The monoisotopic (exact) mass is 136 g/mol. The number of hydrogen-bond donors (Lipinski definition) is 1. The molecular formula is C7H8N2O. The number of rotatable bonds is 2. The fraction of sp³-hybridized carbons (Fsp3) is 0.143. The van der Waals surface area contributed by atoms with E-state index in [1.807, 2.05) is 0 Å². The normalized spacial score (nSPS) is 9.20. The number of nitrogens with zero attached hydrogens (tertiary/aromatic N) is 1. The number of anilines is 1. The lowest BCUT2D eigenvalue weighted by atomic mass is 10.2. The van der Waals surface area contributed by atoms with Crippen LogP contribution in [0, 0.1) is 0 Å². The van der Waals surface area contributed by atoms with Crippen LogP contribution in [0.1, 0.15) is 5.56 Å². The molecule has 0 aliphatic heterocycles. The summed E-state index contributed by atoms with van der Waals surface area (Å²) < 4.78 is 0. The van der Waals surface area contributed by atoms with Gasteiger partial charge in [-0.25, -0.2) is 4.98 Å². The van der Waals surface area contributed by atoms with Crippen molar-refractivity contribution in [2.45, 2.75) is 6.42 Å². The Morgan fingerprint density at radius 2 is 2.50 bits per heavy atom. The molecule has 3 heteroatoms. The van der Waals surface area contributed by atoms with Crippen LogP contribution >= 0.6 is 0 Å². The lowest BCUT2D eigenvalue weighted by molar-refractivity contribution is -0.107. The molecule has 1 heterocycles. The molecule has 0 spiro atoms. The van der Waals surface area contributed by atoms with Crippen LogP contribution in [0.3, 0.4) is 0 Å². The van der Waals surface area contributed by atoms with E-state index in [2.05, 4.69) is 4.98 Å². The minimum atomic E-state index is 0.347. The van der Waals surface area contributed by atoms with E-state index in [-0.39, 0.29) is 0 Å². The molecule has 3 nitrogen and oxygen atoms in total. The van der Waals surface area contributed by atoms with E-state index in [0.29, 0.717) is 12.2 Å². The average molecular weight is 136 g/mol. The molecule has 0 aliphatic carbocycles. The highest BCUT2D eigenvalue weighted by molar-refractivity contribution is 5.58. The van der Waals surface area contributed by atoms with Gasteiger partial charge in [-0.05, 0) is 6.07 Å². The zero-order chi connectivity index (χ0) is 7.40. The Morgan fingerprint density at radius 1 is 1.70 bits per heavy atom. The van der Waals surface area contributed by atoms with Crippen molar-refractivity contribution < 1.29 is 4.79 Å². The summed E-state index contributed by atoms with van der Waals surface area (Å²) in [4.78, 5) is 13.9. The Labute approximate surface area is 58.9 Å². The molecule has 0 aromatic carbocycles. The molecule has 10 heavy (non-hydrogen) atoms. The second kappa shape index (κ2) is 2.96.